The van der Waals surface area contributed by atoms with E-state index >= 15 is 0 Å². The number of carboxylic acids is 1. The van der Waals surface area contributed by atoms with Gasteiger partial charge < -0.3 is 15.7 Å². The summed E-state index contributed by atoms with van der Waals surface area (Å²) in [7, 11) is 0. The molecule has 3 aromatic rings. The van der Waals surface area contributed by atoms with Crippen LogP contribution in [0.2, 0.25) is 0 Å². The lowest BCUT2D eigenvalue weighted by atomic mass is 10.1. The predicted octanol–water partition coefficient (Wildman–Crippen LogP) is 2.45. The molecule has 1 aromatic heterocycles. The molecule has 0 aliphatic carbocycles. The maximum atomic E-state index is 12.1. The van der Waals surface area contributed by atoms with Crippen LogP contribution in [0.3, 0.4) is 0 Å². The zero-order valence-electron chi connectivity index (χ0n) is 13.2. The molecule has 2 amide bonds. The van der Waals surface area contributed by atoms with Crippen LogP contribution < -0.4 is 10.6 Å². The highest BCUT2D eigenvalue weighted by Crippen LogP contribution is 2.15. The van der Waals surface area contributed by atoms with E-state index in [0.29, 0.717) is 16.7 Å². The Kier molecular flexibility index (Phi) is 4.84. The molecule has 0 fully saturated rings. The van der Waals surface area contributed by atoms with Gasteiger partial charge in [0.05, 0.1) is 11.0 Å². The summed E-state index contributed by atoms with van der Waals surface area (Å²) in [6, 6.07) is 12.6. The van der Waals surface area contributed by atoms with Gasteiger partial charge in [0.15, 0.2) is 0 Å². The number of carbonyl (C=O) groups excluding carboxylic acids is 1. The first kappa shape index (κ1) is 16.4. The third-order valence-corrected chi connectivity index (χ3v) is 3.61. The van der Waals surface area contributed by atoms with Gasteiger partial charge in [-0.15, -0.1) is 0 Å². The first-order valence-electron chi connectivity index (χ1n) is 7.67. The van der Waals surface area contributed by atoms with Crippen molar-refractivity contribution in [2.45, 2.75) is 12.5 Å². The number of anilines is 1. The number of hydrogen-bond acceptors (Lipinski definition) is 4. The van der Waals surface area contributed by atoms with Crippen molar-refractivity contribution in [3.05, 3.63) is 66.5 Å². The number of nitrogens with one attached hydrogen (secondary N) is 2. The van der Waals surface area contributed by atoms with Gasteiger partial charge >= 0.3 is 12.0 Å². The standard InChI is InChI=1S/C18H16N4O3/c23-17(24)16(10-12-4-2-1-3-5-12)22-18(25)21-13-6-7-14-15(11-13)20-9-8-19-14/h1-9,11,16H,10H2,(H,23,24)(H2,21,22,25). The molecule has 0 aliphatic rings. The van der Waals surface area contributed by atoms with Crippen LogP contribution in [0.1, 0.15) is 5.56 Å². The van der Waals surface area contributed by atoms with E-state index in [1.165, 1.54) is 0 Å². The van der Waals surface area contributed by atoms with Gasteiger partial charge in [-0.2, -0.15) is 0 Å². The maximum Gasteiger partial charge on any atom is 0.326 e. The van der Waals surface area contributed by atoms with Crippen LogP contribution >= 0.6 is 0 Å². The lowest BCUT2D eigenvalue weighted by molar-refractivity contribution is -0.139. The van der Waals surface area contributed by atoms with Gasteiger partial charge in [-0.3, -0.25) is 9.97 Å². The van der Waals surface area contributed by atoms with Crippen molar-refractivity contribution in [3.63, 3.8) is 0 Å². The summed E-state index contributed by atoms with van der Waals surface area (Å²) < 4.78 is 0. The minimum Gasteiger partial charge on any atom is -0.480 e. The monoisotopic (exact) mass is 336 g/mol. The Hall–Kier alpha value is -3.48. The van der Waals surface area contributed by atoms with E-state index in [9.17, 15) is 14.7 Å². The van der Waals surface area contributed by atoms with Gasteiger partial charge in [0.1, 0.15) is 6.04 Å². The van der Waals surface area contributed by atoms with Gasteiger partial charge in [0, 0.05) is 24.5 Å². The Bertz CT molecular complexity index is 899. The molecule has 25 heavy (non-hydrogen) atoms. The lowest BCUT2D eigenvalue weighted by Gasteiger charge is -2.15. The van der Waals surface area contributed by atoms with Gasteiger partial charge in [-0.1, -0.05) is 30.3 Å². The number of carboxylic acid groups (broad SMARTS) is 1. The molecule has 0 radical (unpaired) electrons. The number of aliphatic carboxylic acids is 1. The Balaban J connectivity index is 1.67. The molecule has 0 bridgehead atoms. The van der Waals surface area contributed by atoms with E-state index in [1.54, 1.807) is 30.6 Å². The van der Waals surface area contributed by atoms with Crippen LogP contribution in [0.4, 0.5) is 10.5 Å². The molecule has 0 aliphatic heterocycles. The van der Waals surface area contributed by atoms with E-state index < -0.39 is 18.0 Å². The molecular formula is C18H16N4O3. The fourth-order valence-corrected chi connectivity index (χ4v) is 2.42. The Morgan fingerprint density at radius 2 is 1.72 bits per heavy atom. The fourth-order valence-electron chi connectivity index (χ4n) is 2.42. The van der Waals surface area contributed by atoms with Crippen molar-refractivity contribution >= 4 is 28.7 Å². The second-order valence-electron chi connectivity index (χ2n) is 5.44. The smallest absolute Gasteiger partial charge is 0.326 e. The van der Waals surface area contributed by atoms with Crippen LogP contribution in [0, 0.1) is 0 Å². The van der Waals surface area contributed by atoms with Crippen molar-refractivity contribution in [1.29, 1.82) is 0 Å². The number of benzene rings is 2. The first-order chi connectivity index (χ1) is 12.1. The van der Waals surface area contributed by atoms with E-state index in [1.807, 2.05) is 30.3 Å². The van der Waals surface area contributed by atoms with Crippen LogP contribution in [0.25, 0.3) is 11.0 Å². The summed E-state index contributed by atoms with van der Waals surface area (Å²) in [5, 5.41) is 14.4. The third kappa shape index (κ3) is 4.29. The second-order valence-corrected chi connectivity index (χ2v) is 5.44. The number of carbonyl (C=O) groups is 2. The summed E-state index contributed by atoms with van der Waals surface area (Å²) in [6.07, 6.45) is 3.35. The molecule has 3 N–H and O–H groups in total. The highest BCUT2D eigenvalue weighted by Gasteiger charge is 2.20. The first-order valence-corrected chi connectivity index (χ1v) is 7.67. The Morgan fingerprint density at radius 3 is 2.44 bits per heavy atom. The summed E-state index contributed by atoms with van der Waals surface area (Å²) in [5.41, 5.74) is 2.69. The van der Waals surface area contributed by atoms with Crippen LogP contribution in [0.15, 0.2) is 60.9 Å². The fraction of sp³-hybridized carbons (Fsp3) is 0.111. The molecule has 1 heterocycles. The zero-order chi connectivity index (χ0) is 17.6. The average molecular weight is 336 g/mol. The second kappa shape index (κ2) is 7.39. The summed E-state index contributed by atoms with van der Waals surface area (Å²) in [6.45, 7) is 0. The third-order valence-electron chi connectivity index (χ3n) is 3.61. The molecule has 1 atom stereocenters. The summed E-state index contributed by atoms with van der Waals surface area (Å²) >= 11 is 0. The molecule has 0 spiro atoms. The van der Waals surface area contributed by atoms with Crippen molar-refractivity contribution < 1.29 is 14.7 Å². The number of hydrogen-bond donors (Lipinski definition) is 3. The molecule has 0 saturated carbocycles. The molecule has 2 aromatic carbocycles. The van der Waals surface area contributed by atoms with E-state index in [2.05, 4.69) is 20.6 Å². The number of amides is 2. The molecule has 3 rings (SSSR count). The molecule has 1 unspecified atom stereocenters. The van der Waals surface area contributed by atoms with E-state index in [4.69, 9.17) is 0 Å². The molecule has 0 saturated heterocycles. The zero-order valence-corrected chi connectivity index (χ0v) is 13.2. The van der Waals surface area contributed by atoms with Gasteiger partial charge in [0.25, 0.3) is 0 Å². The van der Waals surface area contributed by atoms with Crippen molar-refractivity contribution in [2.75, 3.05) is 5.32 Å². The number of urea groups is 1. The quantitative estimate of drug-likeness (QED) is 0.664. The van der Waals surface area contributed by atoms with Crippen LogP contribution in [-0.2, 0) is 11.2 Å². The van der Waals surface area contributed by atoms with Crippen molar-refractivity contribution in [3.8, 4) is 0 Å². The number of rotatable bonds is 5. The van der Waals surface area contributed by atoms with E-state index in [0.717, 1.165) is 5.56 Å². The normalized spacial score (nSPS) is 11.7. The average Bonchev–Trinajstić information content (AvgIpc) is 2.62. The van der Waals surface area contributed by atoms with Crippen molar-refractivity contribution in [1.82, 2.24) is 15.3 Å². The van der Waals surface area contributed by atoms with E-state index in [-0.39, 0.29) is 6.42 Å². The van der Waals surface area contributed by atoms with Gasteiger partial charge in [-0.25, -0.2) is 9.59 Å². The minimum atomic E-state index is -1.09. The van der Waals surface area contributed by atoms with Gasteiger partial charge in [0.2, 0.25) is 0 Å². The molecule has 7 heteroatoms. The SMILES string of the molecule is O=C(Nc1ccc2nccnc2c1)NC(Cc1ccccc1)C(=O)O. The maximum absolute atomic E-state index is 12.1. The Morgan fingerprint density at radius 1 is 1.00 bits per heavy atom. The van der Waals surface area contributed by atoms with Crippen LogP contribution in [-0.4, -0.2) is 33.1 Å². The number of fused-ring (bicyclic) bond motifs is 1. The Labute approximate surface area is 143 Å². The summed E-state index contributed by atoms with van der Waals surface area (Å²) in [5.74, 6) is -1.09. The lowest BCUT2D eigenvalue weighted by Crippen LogP contribution is -2.44. The largest absolute Gasteiger partial charge is 0.480 e. The minimum absolute atomic E-state index is 0.201. The summed E-state index contributed by atoms with van der Waals surface area (Å²) in [4.78, 5) is 31.9. The molecule has 7 nitrogen and oxygen atoms in total. The number of aromatic nitrogens is 2. The van der Waals surface area contributed by atoms with Crippen molar-refractivity contribution in [2.24, 2.45) is 0 Å². The topological polar surface area (TPSA) is 104 Å². The van der Waals surface area contributed by atoms with Crippen LogP contribution in [0.5, 0.6) is 0 Å². The van der Waals surface area contributed by atoms with Gasteiger partial charge in [-0.05, 0) is 23.8 Å². The highest BCUT2D eigenvalue weighted by molar-refractivity contribution is 5.94. The molecular weight excluding hydrogens is 320 g/mol. The number of nitrogens with zero attached hydrogens (tertiary/aromatic N) is 2. The predicted molar refractivity (Wildman–Crippen MR) is 93.3 cm³/mol. The molecule has 126 valence electrons. The highest BCUT2D eigenvalue weighted by atomic mass is 16.4.